The van der Waals surface area contributed by atoms with Crippen LogP contribution in [0.1, 0.15) is 23.3 Å². The van der Waals surface area contributed by atoms with Crippen LogP contribution >= 0.6 is 0 Å². The monoisotopic (exact) mass is 426 g/mol. The lowest BCUT2D eigenvalue weighted by Gasteiger charge is -2.29. The van der Waals surface area contributed by atoms with E-state index < -0.39 is 0 Å². The third-order valence-corrected chi connectivity index (χ3v) is 5.72. The molecule has 1 aliphatic heterocycles. The van der Waals surface area contributed by atoms with Crippen LogP contribution in [-0.4, -0.2) is 53.5 Å². The second kappa shape index (κ2) is 9.58. The van der Waals surface area contributed by atoms with E-state index >= 15 is 0 Å². The molecule has 0 aliphatic carbocycles. The Bertz CT molecular complexity index is 1190. The van der Waals surface area contributed by atoms with E-state index in [1.807, 2.05) is 42.5 Å². The number of fused-ring (bicyclic) bond motifs is 1. The van der Waals surface area contributed by atoms with Gasteiger partial charge in [0.25, 0.3) is 5.91 Å². The van der Waals surface area contributed by atoms with Crippen LogP contribution in [0, 0.1) is 11.3 Å². The topological polar surface area (TPSA) is 93.9 Å². The Morgan fingerprint density at radius 3 is 2.84 bits per heavy atom. The smallest absolute Gasteiger partial charge is 0.270 e. The Morgan fingerprint density at radius 2 is 2.06 bits per heavy atom. The van der Waals surface area contributed by atoms with Gasteiger partial charge >= 0.3 is 0 Å². The second-order valence-electron chi connectivity index (χ2n) is 8.12. The molecule has 3 aromatic rings. The first-order chi connectivity index (χ1) is 15.5. The van der Waals surface area contributed by atoms with E-state index in [0.29, 0.717) is 17.8 Å². The number of rotatable bonds is 6. The number of anilines is 1. The number of piperidine rings is 1. The standard InChI is InChI=1S/C25H26N6O/c1-17(15-26)16-28-23-8-11-27-22-7-6-18(14-20(22)23)21-4-3-5-24(30-21)25(32)29-19-9-12-31(2)13-10-19/h3-8,11,14,19H,1,9-10,12-13,16H2,2H3,(H,27,28)(H,29,32). The van der Waals surface area contributed by atoms with Gasteiger partial charge in [-0.1, -0.05) is 18.7 Å². The first-order valence-electron chi connectivity index (χ1n) is 10.7. The zero-order valence-corrected chi connectivity index (χ0v) is 18.1. The molecule has 0 bridgehead atoms. The minimum absolute atomic E-state index is 0.138. The Hall–Kier alpha value is -3.76. The number of carbonyl (C=O) groups is 1. The van der Waals surface area contributed by atoms with Crippen molar-refractivity contribution in [3.8, 4) is 17.3 Å². The maximum Gasteiger partial charge on any atom is 0.270 e. The molecule has 0 atom stereocenters. The van der Waals surface area contributed by atoms with Crippen molar-refractivity contribution in [2.75, 3.05) is 32.0 Å². The number of hydrogen-bond acceptors (Lipinski definition) is 6. The number of aromatic nitrogens is 2. The van der Waals surface area contributed by atoms with Gasteiger partial charge in [0.2, 0.25) is 0 Å². The number of nitrogens with one attached hydrogen (secondary N) is 2. The summed E-state index contributed by atoms with van der Waals surface area (Å²) in [5, 5.41) is 16.2. The molecular formula is C25H26N6O. The lowest BCUT2D eigenvalue weighted by Crippen LogP contribution is -2.43. The molecule has 1 amide bonds. The number of amides is 1. The van der Waals surface area contributed by atoms with Gasteiger partial charge in [0.1, 0.15) is 5.69 Å². The molecule has 2 N–H and O–H groups in total. The Kier molecular flexibility index (Phi) is 6.43. The highest BCUT2D eigenvalue weighted by atomic mass is 16.1. The molecule has 1 aliphatic rings. The van der Waals surface area contributed by atoms with Crippen LogP contribution in [0.4, 0.5) is 5.69 Å². The highest BCUT2D eigenvalue weighted by molar-refractivity contribution is 5.95. The van der Waals surface area contributed by atoms with Crippen molar-refractivity contribution >= 4 is 22.5 Å². The van der Waals surface area contributed by atoms with E-state index in [2.05, 4.69) is 39.1 Å². The van der Waals surface area contributed by atoms with Crippen LogP contribution in [0.2, 0.25) is 0 Å². The van der Waals surface area contributed by atoms with Crippen molar-refractivity contribution in [1.82, 2.24) is 20.2 Å². The van der Waals surface area contributed by atoms with Crippen molar-refractivity contribution in [3.63, 3.8) is 0 Å². The fourth-order valence-corrected chi connectivity index (χ4v) is 3.84. The second-order valence-corrected chi connectivity index (χ2v) is 8.12. The molecule has 7 nitrogen and oxygen atoms in total. The van der Waals surface area contributed by atoms with Gasteiger partial charge in [0, 0.05) is 41.0 Å². The summed E-state index contributed by atoms with van der Waals surface area (Å²) in [5.74, 6) is -0.138. The predicted octanol–water partition coefficient (Wildman–Crippen LogP) is 3.61. The summed E-state index contributed by atoms with van der Waals surface area (Å²) in [5.41, 5.74) is 4.18. The first kappa shape index (κ1) is 21.5. The van der Waals surface area contributed by atoms with Gasteiger partial charge in [-0.05, 0) is 63.3 Å². The van der Waals surface area contributed by atoms with Crippen molar-refractivity contribution in [2.45, 2.75) is 18.9 Å². The lowest BCUT2D eigenvalue weighted by molar-refractivity contribution is 0.0912. The van der Waals surface area contributed by atoms with Crippen molar-refractivity contribution < 1.29 is 4.79 Å². The van der Waals surface area contributed by atoms with Gasteiger partial charge in [0.05, 0.1) is 17.3 Å². The quantitative estimate of drug-likeness (QED) is 0.585. The summed E-state index contributed by atoms with van der Waals surface area (Å²) in [6.07, 6.45) is 3.63. The number of hydrogen-bond donors (Lipinski definition) is 2. The van der Waals surface area contributed by atoms with E-state index in [1.165, 1.54) is 0 Å². The summed E-state index contributed by atoms with van der Waals surface area (Å²) in [6.45, 7) is 6.06. The SMILES string of the molecule is C=C(C#N)CNc1ccnc2ccc(-c3cccc(C(=O)NC4CCN(C)CC4)n3)cc12. The van der Waals surface area contributed by atoms with E-state index in [0.717, 1.165) is 53.8 Å². The van der Waals surface area contributed by atoms with Gasteiger partial charge in [-0.3, -0.25) is 9.78 Å². The molecule has 1 aromatic carbocycles. The van der Waals surface area contributed by atoms with Crippen LogP contribution in [0.25, 0.3) is 22.2 Å². The minimum Gasteiger partial charge on any atom is -0.380 e. The molecule has 3 heterocycles. The molecule has 32 heavy (non-hydrogen) atoms. The summed E-state index contributed by atoms with van der Waals surface area (Å²) < 4.78 is 0. The number of nitrogens with zero attached hydrogens (tertiary/aromatic N) is 4. The highest BCUT2D eigenvalue weighted by Gasteiger charge is 2.20. The number of nitriles is 1. The molecule has 0 unspecified atom stereocenters. The molecule has 4 rings (SSSR count). The molecule has 0 radical (unpaired) electrons. The summed E-state index contributed by atoms with van der Waals surface area (Å²) in [7, 11) is 2.10. The Labute approximate surface area is 187 Å². The van der Waals surface area contributed by atoms with Gasteiger partial charge in [-0.15, -0.1) is 0 Å². The Balaban J connectivity index is 1.57. The summed E-state index contributed by atoms with van der Waals surface area (Å²) in [6, 6.07) is 15.5. The zero-order chi connectivity index (χ0) is 22.5. The number of pyridine rings is 2. The fraction of sp³-hybridized carbons (Fsp3) is 0.280. The maximum absolute atomic E-state index is 12.8. The molecule has 1 fully saturated rings. The van der Waals surface area contributed by atoms with Gasteiger partial charge in [-0.25, -0.2) is 4.98 Å². The van der Waals surface area contributed by atoms with E-state index in [9.17, 15) is 4.79 Å². The fourth-order valence-electron chi connectivity index (χ4n) is 3.84. The van der Waals surface area contributed by atoms with E-state index in [4.69, 9.17) is 5.26 Å². The highest BCUT2D eigenvalue weighted by Crippen LogP contribution is 2.27. The molecule has 1 saturated heterocycles. The van der Waals surface area contributed by atoms with Gasteiger partial charge in [-0.2, -0.15) is 5.26 Å². The minimum atomic E-state index is -0.138. The summed E-state index contributed by atoms with van der Waals surface area (Å²) in [4.78, 5) is 24.1. The summed E-state index contributed by atoms with van der Waals surface area (Å²) >= 11 is 0. The average molecular weight is 427 g/mol. The maximum atomic E-state index is 12.8. The number of likely N-dealkylation sites (tertiary alicyclic amines) is 1. The molecule has 2 aromatic heterocycles. The molecule has 0 saturated carbocycles. The average Bonchev–Trinajstić information content (AvgIpc) is 2.83. The van der Waals surface area contributed by atoms with Crippen LogP contribution < -0.4 is 10.6 Å². The molecule has 7 heteroatoms. The van der Waals surface area contributed by atoms with Crippen LogP contribution in [0.5, 0.6) is 0 Å². The number of carbonyl (C=O) groups excluding carboxylic acids is 1. The van der Waals surface area contributed by atoms with Crippen molar-refractivity contribution in [2.24, 2.45) is 0 Å². The lowest BCUT2D eigenvalue weighted by atomic mass is 10.0. The normalized spacial score (nSPS) is 14.6. The van der Waals surface area contributed by atoms with E-state index in [1.54, 1.807) is 12.3 Å². The first-order valence-corrected chi connectivity index (χ1v) is 10.7. The molecule has 0 spiro atoms. The van der Waals surface area contributed by atoms with Crippen LogP contribution in [0.15, 0.2) is 60.8 Å². The third-order valence-electron chi connectivity index (χ3n) is 5.72. The van der Waals surface area contributed by atoms with Crippen LogP contribution in [-0.2, 0) is 0 Å². The van der Waals surface area contributed by atoms with E-state index in [-0.39, 0.29) is 11.9 Å². The van der Waals surface area contributed by atoms with Crippen molar-refractivity contribution in [3.05, 3.63) is 66.5 Å². The Morgan fingerprint density at radius 1 is 1.25 bits per heavy atom. The molecule has 162 valence electrons. The number of benzene rings is 1. The largest absolute Gasteiger partial charge is 0.380 e. The molecular weight excluding hydrogens is 400 g/mol. The van der Waals surface area contributed by atoms with Crippen molar-refractivity contribution in [1.29, 1.82) is 5.26 Å². The van der Waals surface area contributed by atoms with Crippen LogP contribution in [0.3, 0.4) is 0 Å². The third kappa shape index (κ3) is 4.93. The predicted molar refractivity (Wildman–Crippen MR) is 126 cm³/mol. The van der Waals surface area contributed by atoms with Gasteiger partial charge in [0.15, 0.2) is 0 Å². The zero-order valence-electron chi connectivity index (χ0n) is 18.1. The van der Waals surface area contributed by atoms with Gasteiger partial charge < -0.3 is 15.5 Å².